The number of fused-ring (bicyclic) bond motifs is 1. The first-order valence-corrected chi connectivity index (χ1v) is 15.3. The Morgan fingerprint density at radius 1 is 0.864 bits per heavy atom. The van der Waals surface area contributed by atoms with Gasteiger partial charge < -0.3 is 19.7 Å². The molecule has 1 saturated heterocycles. The maximum atomic E-state index is 12.9. The van der Waals surface area contributed by atoms with Gasteiger partial charge >= 0.3 is 11.8 Å². The Balaban J connectivity index is 1.15. The summed E-state index contributed by atoms with van der Waals surface area (Å²) in [7, 11) is 0. The summed E-state index contributed by atoms with van der Waals surface area (Å²) in [5.41, 5.74) is 3.93. The van der Waals surface area contributed by atoms with Gasteiger partial charge in [-0.15, -0.1) is 0 Å². The zero-order chi connectivity index (χ0) is 30.3. The Morgan fingerprint density at radius 3 is 2.34 bits per heavy atom. The predicted octanol–water partition coefficient (Wildman–Crippen LogP) is 7.29. The number of ether oxygens (including phenoxy) is 1. The molecule has 0 spiro atoms. The van der Waals surface area contributed by atoms with E-state index in [1.807, 2.05) is 77.4 Å². The van der Waals surface area contributed by atoms with Crippen molar-refractivity contribution in [1.29, 1.82) is 0 Å². The third-order valence-electron chi connectivity index (χ3n) is 8.47. The van der Waals surface area contributed by atoms with Gasteiger partial charge in [-0.05, 0) is 79.8 Å². The van der Waals surface area contributed by atoms with E-state index in [0.717, 1.165) is 60.6 Å². The molecule has 44 heavy (non-hydrogen) atoms. The number of para-hydroxylation sites is 3. The second kappa shape index (κ2) is 13.7. The number of rotatable bonds is 11. The Labute approximate surface area is 257 Å². The quantitative estimate of drug-likeness (QED) is 0.169. The number of piperidine rings is 1. The zero-order valence-corrected chi connectivity index (χ0v) is 24.7. The Bertz CT molecular complexity index is 1730. The van der Waals surface area contributed by atoms with Crippen LogP contribution in [-0.2, 0) is 13.1 Å². The van der Waals surface area contributed by atoms with Crippen LogP contribution in [0.3, 0.4) is 0 Å². The van der Waals surface area contributed by atoms with Crippen LogP contribution in [0.2, 0.25) is 0 Å². The number of carboxylic acid groups (broad SMARTS) is 1. The average molecular weight is 591 g/mol. The van der Waals surface area contributed by atoms with Crippen molar-refractivity contribution in [3.05, 3.63) is 131 Å². The van der Waals surface area contributed by atoms with Crippen LogP contribution in [-0.4, -0.2) is 49.7 Å². The smallest absolute Gasteiger partial charge is 0.407 e. The van der Waals surface area contributed by atoms with E-state index in [4.69, 9.17) is 4.74 Å². The van der Waals surface area contributed by atoms with E-state index >= 15 is 0 Å². The molecule has 6 rings (SSSR count). The lowest BCUT2D eigenvalue weighted by atomic mass is 9.93. The van der Waals surface area contributed by atoms with Crippen LogP contribution >= 0.6 is 0 Å². The average Bonchev–Trinajstić information content (AvgIpc) is 3.37. The van der Waals surface area contributed by atoms with Crippen LogP contribution in [0.15, 0.2) is 114 Å². The summed E-state index contributed by atoms with van der Waals surface area (Å²) in [5, 5.41) is 10.0. The minimum atomic E-state index is -0.893. The van der Waals surface area contributed by atoms with Gasteiger partial charge in [0, 0.05) is 31.7 Å². The minimum Gasteiger partial charge on any atom is -0.465 e. The number of H-pyrrole nitrogens is 1. The van der Waals surface area contributed by atoms with Gasteiger partial charge in [0.05, 0.1) is 11.0 Å². The lowest BCUT2D eigenvalue weighted by Gasteiger charge is -2.38. The van der Waals surface area contributed by atoms with Gasteiger partial charge in [0.15, 0.2) is 0 Å². The van der Waals surface area contributed by atoms with Crippen LogP contribution in [0.1, 0.15) is 42.9 Å². The largest absolute Gasteiger partial charge is 0.465 e. The summed E-state index contributed by atoms with van der Waals surface area (Å²) in [6.45, 7) is 2.74. The molecular formula is C36H38N4O4. The van der Waals surface area contributed by atoms with Crippen LogP contribution in [0.4, 0.5) is 4.79 Å². The number of benzene rings is 4. The fraction of sp³-hybridized carbons (Fsp3) is 0.278. The molecule has 226 valence electrons. The van der Waals surface area contributed by atoms with Crippen molar-refractivity contribution in [2.24, 2.45) is 0 Å². The van der Waals surface area contributed by atoms with Crippen molar-refractivity contribution in [3.63, 3.8) is 0 Å². The van der Waals surface area contributed by atoms with Gasteiger partial charge in [0.25, 0.3) is 0 Å². The van der Waals surface area contributed by atoms with Crippen molar-refractivity contribution in [2.75, 3.05) is 13.1 Å². The fourth-order valence-corrected chi connectivity index (χ4v) is 6.42. The molecule has 0 bridgehead atoms. The molecule has 2 heterocycles. The second-order valence-corrected chi connectivity index (χ2v) is 11.5. The van der Waals surface area contributed by atoms with E-state index in [9.17, 15) is 14.7 Å². The van der Waals surface area contributed by atoms with E-state index in [0.29, 0.717) is 19.4 Å². The third kappa shape index (κ3) is 7.03. The summed E-state index contributed by atoms with van der Waals surface area (Å²) in [6, 6.07) is 35.9. The molecule has 8 nitrogen and oxygen atoms in total. The van der Waals surface area contributed by atoms with Crippen molar-refractivity contribution < 1.29 is 14.6 Å². The molecule has 1 aliphatic heterocycles. The summed E-state index contributed by atoms with van der Waals surface area (Å²) >= 11 is 0. The number of carbonyl (C=O) groups is 1. The summed E-state index contributed by atoms with van der Waals surface area (Å²) < 4.78 is 7.91. The highest BCUT2D eigenvalue weighted by Crippen LogP contribution is 2.31. The maximum Gasteiger partial charge on any atom is 0.407 e. The summed E-state index contributed by atoms with van der Waals surface area (Å²) in [6.07, 6.45) is 1.90. The number of nitrogens with zero attached hydrogens (tertiary/aromatic N) is 3. The first kappa shape index (κ1) is 29.3. The normalized spacial score (nSPS) is 16.8. The highest BCUT2D eigenvalue weighted by Gasteiger charge is 2.33. The number of aromatic amines is 1. The number of hydrogen-bond acceptors (Lipinski definition) is 4. The summed E-state index contributed by atoms with van der Waals surface area (Å²) in [4.78, 5) is 32.0. The molecule has 2 atom stereocenters. The Kier molecular flexibility index (Phi) is 9.08. The summed E-state index contributed by atoms with van der Waals surface area (Å²) in [5.74, 6) is 1.60. The molecule has 5 aromatic rings. The van der Waals surface area contributed by atoms with Gasteiger partial charge in [-0.1, -0.05) is 72.8 Å². The third-order valence-corrected chi connectivity index (χ3v) is 8.47. The fourth-order valence-electron chi connectivity index (χ4n) is 6.42. The highest BCUT2D eigenvalue weighted by molar-refractivity contribution is 5.75. The predicted molar refractivity (Wildman–Crippen MR) is 172 cm³/mol. The van der Waals surface area contributed by atoms with Crippen molar-refractivity contribution in [1.82, 2.24) is 19.4 Å². The van der Waals surface area contributed by atoms with Gasteiger partial charge in [-0.3, -0.25) is 9.47 Å². The standard InChI is InChI=1S/C36H38N4O4/c41-35-37-33-18-7-8-19-34(33)40(35)30-20-22-39(36(42)43)29(24-30)14-10-21-38(25-27-11-3-1-4-12-27)26-28-13-9-17-32(23-28)44-31-15-5-2-6-16-31/h1-9,11-13,15-19,23,29-30H,10,14,20-22,24-26H2,(H,37,41)(H,42,43)/t29-,30?/m0/s1. The SMILES string of the molecule is O=C(O)N1CCC(n2c(=O)[nH]c3ccccc32)C[C@@H]1CCCN(Cc1ccccc1)Cc1cccc(Oc2ccccc2)c1. The van der Waals surface area contributed by atoms with E-state index < -0.39 is 6.09 Å². The van der Waals surface area contributed by atoms with E-state index in [2.05, 4.69) is 46.3 Å². The Morgan fingerprint density at radius 2 is 1.55 bits per heavy atom. The van der Waals surface area contributed by atoms with Crippen molar-refractivity contribution in [2.45, 2.75) is 50.9 Å². The van der Waals surface area contributed by atoms with Crippen LogP contribution in [0.25, 0.3) is 11.0 Å². The molecule has 0 aliphatic carbocycles. The van der Waals surface area contributed by atoms with Crippen molar-refractivity contribution in [3.8, 4) is 11.5 Å². The molecule has 1 unspecified atom stereocenters. The zero-order valence-electron chi connectivity index (χ0n) is 24.7. The number of likely N-dealkylation sites (tertiary alicyclic amines) is 1. The van der Waals surface area contributed by atoms with Crippen molar-refractivity contribution >= 4 is 17.1 Å². The molecule has 1 fully saturated rings. The monoisotopic (exact) mass is 590 g/mol. The number of imidazole rings is 1. The molecule has 1 aromatic heterocycles. The van der Waals surface area contributed by atoms with Crippen LogP contribution in [0.5, 0.6) is 11.5 Å². The molecule has 8 heteroatoms. The number of aromatic nitrogens is 2. The second-order valence-electron chi connectivity index (χ2n) is 11.5. The van der Waals surface area contributed by atoms with Gasteiger partial charge in [0.1, 0.15) is 11.5 Å². The first-order valence-electron chi connectivity index (χ1n) is 15.3. The molecule has 1 amide bonds. The molecule has 0 radical (unpaired) electrons. The molecule has 2 N–H and O–H groups in total. The number of nitrogens with one attached hydrogen (secondary N) is 1. The van der Waals surface area contributed by atoms with Crippen LogP contribution in [0, 0.1) is 0 Å². The lowest BCUT2D eigenvalue weighted by molar-refractivity contribution is 0.0853. The van der Waals surface area contributed by atoms with Gasteiger partial charge in [-0.25, -0.2) is 9.59 Å². The molecule has 4 aromatic carbocycles. The van der Waals surface area contributed by atoms with Gasteiger partial charge in [-0.2, -0.15) is 0 Å². The highest BCUT2D eigenvalue weighted by atomic mass is 16.5. The lowest BCUT2D eigenvalue weighted by Crippen LogP contribution is -2.47. The van der Waals surface area contributed by atoms with E-state index in [-0.39, 0.29) is 17.8 Å². The van der Waals surface area contributed by atoms with Crippen LogP contribution < -0.4 is 10.4 Å². The minimum absolute atomic E-state index is 0.0490. The Hall–Kier alpha value is -4.82. The number of hydrogen-bond donors (Lipinski definition) is 2. The van der Waals surface area contributed by atoms with Gasteiger partial charge in [0.2, 0.25) is 0 Å². The maximum absolute atomic E-state index is 12.9. The molecular weight excluding hydrogens is 552 g/mol. The molecule has 0 saturated carbocycles. The molecule has 1 aliphatic rings. The van der Waals surface area contributed by atoms with E-state index in [1.165, 1.54) is 5.56 Å². The number of amides is 1. The topological polar surface area (TPSA) is 90.8 Å². The first-order chi connectivity index (χ1) is 21.5. The van der Waals surface area contributed by atoms with E-state index in [1.54, 1.807) is 4.90 Å².